The number of rotatable bonds is 2. The maximum Gasteiger partial charge on any atom is 0.143 e. The molecule has 94 valence electrons. The average Bonchev–Trinajstić information content (AvgIpc) is 2.19. The van der Waals surface area contributed by atoms with Gasteiger partial charge in [0.2, 0.25) is 0 Å². The average molecular weight is 254 g/mol. The van der Waals surface area contributed by atoms with Crippen LogP contribution in [0.3, 0.4) is 0 Å². The van der Waals surface area contributed by atoms with Crippen LogP contribution in [0.2, 0.25) is 5.02 Å². The van der Waals surface area contributed by atoms with Gasteiger partial charge in [0.15, 0.2) is 0 Å². The summed E-state index contributed by atoms with van der Waals surface area (Å²) < 4.78 is 6.01. The molecule has 1 aromatic rings. The van der Waals surface area contributed by atoms with E-state index in [1.807, 2.05) is 6.07 Å². The van der Waals surface area contributed by atoms with Gasteiger partial charge in [0.05, 0.1) is 5.02 Å². The van der Waals surface area contributed by atoms with Crippen molar-refractivity contribution >= 4 is 11.6 Å². The molecule has 0 amide bonds. The van der Waals surface area contributed by atoms with Crippen molar-refractivity contribution in [3.8, 4) is 5.75 Å². The number of benzene rings is 1. The Morgan fingerprint density at radius 3 is 2.82 bits per heavy atom. The maximum absolute atomic E-state index is 6.29. The van der Waals surface area contributed by atoms with E-state index in [1.165, 1.54) is 11.1 Å². The lowest BCUT2D eigenvalue weighted by Gasteiger charge is -2.38. The van der Waals surface area contributed by atoms with E-state index in [0.717, 1.165) is 23.7 Å². The fraction of sp³-hybridized carbons (Fsp3) is 0.571. The molecule has 1 aliphatic rings. The van der Waals surface area contributed by atoms with E-state index in [-0.39, 0.29) is 5.60 Å². The van der Waals surface area contributed by atoms with Crippen LogP contribution in [0.1, 0.15) is 44.4 Å². The van der Waals surface area contributed by atoms with Gasteiger partial charge in [-0.1, -0.05) is 24.6 Å². The molecule has 0 aromatic heterocycles. The van der Waals surface area contributed by atoms with E-state index >= 15 is 0 Å². The second kappa shape index (κ2) is 4.51. The largest absolute Gasteiger partial charge is 0.486 e. The highest BCUT2D eigenvalue weighted by molar-refractivity contribution is 6.32. The minimum absolute atomic E-state index is 0.168. The predicted octanol–water partition coefficient (Wildman–Crippen LogP) is 3.86. The third-order valence-electron chi connectivity index (χ3n) is 3.12. The van der Waals surface area contributed by atoms with Crippen molar-refractivity contribution in [2.24, 2.45) is 0 Å². The molecule has 2 nitrogen and oxygen atoms in total. The van der Waals surface area contributed by atoms with Crippen LogP contribution in [0.25, 0.3) is 0 Å². The Bertz CT molecular complexity index is 428. The van der Waals surface area contributed by atoms with Crippen LogP contribution in [0.4, 0.5) is 0 Å². The Kier molecular flexibility index (Phi) is 3.37. The van der Waals surface area contributed by atoms with Gasteiger partial charge in [-0.3, -0.25) is 0 Å². The number of hydrogen-bond acceptors (Lipinski definition) is 2. The Morgan fingerprint density at radius 1 is 1.47 bits per heavy atom. The highest BCUT2D eigenvalue weighted by Crippen LogP contribution is 2.43. The Balaban J connectivity index is 2.48. The highest BCUT2D eigenvalue weighted by Gasteiger charge is 2.34. The summed E-state index contributed by atoms with van der Waals surface area (Å²) in [5.74, 6) is 0.847. The van der Waals surface area contributed by atoms with Crippen molar-refractivity contribution in [2.45, 2.75) is 45.8 Å². The van der Waals surface area contributed by atoms with Crippen LogP contribution in [-0.4, -0.2) is 12.1 Å². The highest BCUT2D eigenvalue weighted by atomic mass is 35.5. The van der Waals surface area contributed by atoms with Gasteiger partial charge in [-0.05, 0) is 38.9 Å². The molecular weight excluding hydrogens is 234 g/mol. The number of fused-ring (bicyclic) bond motifs is 1. The molecule has 0 saturated heterocycles. The summed E-state index contributed by atoms with van der Waals surface area (Å²) in [6, 6.07) is 4.46. The van der Waals surface area contributed by atoms with Crippen LogP contribution < -0.4 is 10.1 Å². The Hall–Kier alpha value is -0.730. The minimum Gasteiger partial charge on any atom is -0.486 e. The third-order valence-corrected chi connectivity index (χ3v) is 3.40. The summed E-state index contributed by atoms with van der Waals surface area (Å²) in [7, 11) is 0. The molecule has 1 N–H and O–H groups in total. The lowest BCUT2D eigenvalue weighted by atomic mass is 9.89. The fourth-order valence-electron chi connectivity index (χ4n) is 2.47. The molecule has 1 heterocycles. The minimum atomic E-state index is -0.168. The van der Waals surface area contributed by atoms with Gasteiger partial charge in [-0.25, -0.2) is 0 Å². The molecule has 0 saturated carbocycles. The van der Waals surface area contributed by atoms with Gasteiger partial charge >= 0.3 is 0 Å². The van der Waals surface area contributed by atoms with Gasteiger partial charge in [0.1, 0.15) is 11.4 Å². The number of halogens is 1. The topological polar surface area (TPSA) is 21.3 Å². The summed E-state index contributed by atoms with van der Waals surface area (Å²) in [5, 5.41) is 4.23. The zero-order chi connectivity index (χ0) is 12.6. The second-order valence-electron chi connectivity index (χ2n) is 5.34. The van der Waals surface area contributed by atoms with Crippen molar-refractivity contribution < 1.29 is 4.74 Å². The SMILES string of the molecule is CCNC1CC(C)(C)Oc2c(Cl)cc(C)cc21. The summed E-state index contributed by atoms with van der Waals surface area (Å²) in [6.07, 6.45) is 0.966. The molecule has 1 aliphatic heterocycles. The summed E-state index contributed by atoms with van der Waals surface area (Å²) >= 11 is 6.29. The van der Waals surface area contributed by atoms with E-state index in [1.54, 1.807) is 0 Å². The lowest BCUT2D eigenvalue weighted by Crippen LogP contribution is -2.39. The molecule has 0 fully saturated rings. The van der Waals surface area contributed by atoms with E-state index in [4.69, 9.17) is 16.3 Å². The molecule has 0 radical (unpaired) electrons. The summed E-state index contributed by atoms with van der Waals surface area (Å²) in [4.78, 5) is 0. The molecule has 1 unspecified atom stereocenters. The van der Waals surface area contributed by atoms with Crippen LogP contribution >= 0.6 is 11.6 Å². The van der Waals surface area contributed by atoms with Crippen molar-refractivity contribution in [3.63, 3.8) is 0 Å². The molecular formula is C14H20ClNO. The third kappa shape index (κ3) is 2.58. The maximum atomic E-state index is 6.29. The van der Waals surface area contributed by atoms with Gasteiger partial charge < -0.3 is 10.1 Å². The Labute approximate surface area is 108 Å². The smallest absolute Gasteiger partial charge is 0.143 e. The zero-order valence-corrected chi connectivity index (χ0v) is 11.7. The van der Waals surface area contributed by atoms with Crippen LogP contribution in [-0.2, 0) is 0 Å². The molecule has 0 spiro atoms. The molecule has 1 aromatic carbocycles. The fourth-order valence-corrected chi connectivity index (χ4v) is 2.79. The number of aryl methyl sites for hydroxylation is 1. The van der Waals surface area contributed by atoms with E-state index < -0.39 is 0 Å². The van der Waals surface area contributed by atoms with Crippen molar-refractivity contribution in [1.82, 2.24) is 5.32 Å². The molecule has 1 atom stereocenters. The normalized spacial score (nSPS) is 21.8. The molecule has 0 aliphatic carbocycles. The molecule has 2 rings (SSSR count). The number of hydrogen-bond donors (Lipinski definition) is 1. The summed E-state index contributed by atoms with van der Waals surface area (Å²) in [5.41, 5.74) is 2.20. The standard InChI is InChI=1S/C14H20ClNO/c1-5-16-12-8-14(3,4)17-13-10(12)6-9(2)7-11(13)15/h6-7,12,16H,5,8H2,1-4H3. The monoisotopic (exact) mass is 253 g/mol. The first-order valence-corrected chi connectivity index (χ1v) is 6.53. The van der Waals surface area contributed by atoms with Crippen LogP contribution in [0.5, 0.6) is 5.75 Å². The first-order valence-electron chi connectivity index (χ1n) is 6.15. The van der Waals surface area contributed by atoms with Gasteiger partial charge in [0.25, 0.3) is 0 Å². The molecule has 17 heavy (non-hydrogen) atoms. The predicted molar refractivity (Wildman–Crippen MR) is 71.9 cm³/mol. The van der Waals surface area contributed by atoms with Gasteiger partial charge in [-0.15, -0.1) is 0 Å². The van der Waals surface area contributed by atoms with Crippen molar-refractivity contribution in [1.29, 1.82) is 0 Å². The van der Waals surface area contributed by atoms with Gasteiger partial charge in [-0.2, -0.15) is 0 Å². The first kappa shape index (κ1) is 12.7. The lowest BCUT2D eigenvalue weighted by molar-refractivity contribution is 0.0665. The quantitative estimate of drug-likeness (QED) is 0.864. The summed E-state index contributed by atoms with van der Waals surface area (Å²) in [6.45, 7) is 9.35. The number of ether oxygens (including phenoxy) is 1. The molecule has 0 bridgehead atoms. The van der Waals surface area contributed by atoms with Crippen molar-refractivity contribution in [2.75, 3.05) is 6.54 Å². The van der Waals surface area contributed by atoms with Crippen LogP contribution in [0, 0.1) is 6.92 Å². The Morgan fingerprint density at radius 2 is 2.18 bits per heavy atom. The number of nitrogens with one attached hydrogen (secondary N) is 1. The molecule has 3 heteroatoms. The first-order chi connectivity index (χ1) is 7.93. The van der Waals surface area contributed by atoms with Gasteiger partial charge in [0, 0.05) is 18.0 Å². The van der Waals surface area contributed by atoms with Crippen LogP contribution in [0.15, 0.2) is 12.1 Å². The zero-order valence-electron chi connectivity index (χ0n) is 10.9. The van der Waals surface area contributed by atoms with E-state index in [2.05, 4.69) is 39.1 Å². The van der Waals surface area contributed by atoms with Crippen molar-refractivity contribution in [3.05, 3.63) is 28.3 Å². The second-order valence-corrected chi connectivity index (χ2v) is 5.75. The van der Waals surface area contributed by atoms with E-state index in [0.29, 0.717) is 6.04 Å². The van der Waals surface area contributed by atoms with E-state index in [9.17, 15) is 0 Å².